The fourth-order valence-corrected chi connectivity index (χ4v) is 3.55. The number of ether oxygens (including phenoxy) is 1. The molecule has 0 bridgehead atoms. The van der Waals surface area contributed by atoms with Gasteiger partial charge in [-0.25, -0.2) is 8.42 Å². The zero-order valence-corrected chi connectivity index (χ0v) is 11.9. The summed E-state index contributed by atoms with van der Waals surface area (Å²) in [5.41, 5.74) is 6.17. The number of para-hydroxylation sites is 2. The first-order valence-electron chi connectivity index (χ1n) is 6.43. The van der Waals surface area contributed by atoms with Crippen LogP contribution in [0.5, 0.6) is 5.75 Å². The largest absolute Gasteiger partial charge is 0.482 e. The zero-order valence-electron chi connectivity index (χ0n) is 11.0. The number of sulfone groups is 1. The first-order chi connectivity index (χ1) is 9.46. The highest BCUT2D eigenvalue weighted by atomic mass is 32.2. The molecular weight excluding hydrogens is 280 g/mol. The summed E-state index contributed by atoms with van der Waals surface area (Å²) in [7, 11) is -2.91. The van der Waals surface area contributed by atoms with Gasteiger partial charge in [-0.15, -0.1) is 0 Å². The van der Waals surface area contributed by atoms with Crippen molar-refractivity contribution in [2.45, 2.75) is 18.9 Å². The highest BCUT2D eigenvalue weighted by Gasteiger charge is 2.24. The van der Waals surface area contributed by atoms with E-state index >= 15 is 0 Å². The summed E-state index contributed by atoms with van der Waals surface area (Å²) in [6, 6.07) is 6.85. The predicted molar refractivity (Wildman–Crippen MR) is 76.2 cm³/mol. The van der Waals surface area contributed by atoms with Crippen LogP contribution in [0.15, 0.2) is 24.3 Å². The molecule has 1 fully saturated rings. The van der Waals surface area contributed by atoms with Crippen LogP contribution in [0, 0.1) is 0 Å². The first-order valence-corrected chi connectivity index (χ1v) is 8.25. The van der Waals surface area contributed by atoms with Crippen molar-refractivity contribution in [3.8, 4) is 5.75 Å². The Labute approximate surface area is 118 Å². The van der Waals surface area contributed by atoms with E-state index in [9.17, 15) is 13.2 Å². The molecule has 7 heteroatoms. The lowest BCUT2D eigenvalue weighted by Gasteiger charge is -2.23. The Morgan fingerprint density at radius 2 is 1.95 bits per heavy atom. The Morgan fingerprint density at radius 1 is 1.30 bits per heavy atom. The number of amides is 1. The number of carbonyl (C=O) groups is 1. The third-order valence-electron chi connectivity index (χ3n) is 3.20. The smallest absolute Gasteiger partial charge is 0.258 e. The summed E-state index contributed by atoms with van der Waals surface area (Å²) in [5, 5.41) is 2.78. The molecule has 6 nitrogen and oxygen atoms in total. The van der Waals surface area contributed by atoms with Crippen LogP contribution >= 0.6 is 0 Å². The second kappa shape index (κ2) is 6.13. The van der Waals surface area contributed by atoms with Crippen molar-refractivity contribution in [1.29, 1.82) is 0 Å². The van der Waals surface area contributed by atoms with Crippen molar-refractivity contribution < 1.29 is 17.9 Å². The van der Waals surface area contributed by atoms with E-state index in [1.807, 2.05) is 0 Å². The number of rotatable bonds is 4. The van der Waals surface area contributed by atoms with E-state index in [0.717, 1.165) is 0 Å². The van der Waals surface area contributed by atoms with Crippen LogP contribution in [0.25, 0.3) is 0 Å². The van der Waals surface area contributed by atoms with Crippen molar-refractivity contribution >= 4 is 21.4 Å². The summed E-state index contributed by atoms with van der Waals surface area (Å²) < 4.78 is 27.9. The first kappa shape index (κ1) is 14.6. The van der Waals surface area contributed by atoms with Crippen LogP contribution in [-0.2, 0) is 14.6 Å². The summed E-state index contributed by atoms with van der Waals surface area (Å²) in [6.07, 6.45) is 0.920. The molecule has 1 aliphatic rings. The number of benzene rings is 1. The lowest BCUT2D eigenvalue weighted by molar-refractivity contribution is -0.123. The van der Waals surface area contributed by atoms with E-state index in [1.54, 1.807) is 24.3 Å². The van der Waals surface area contributed by atoms with Gasteiger partial charge in [0.2, 0.25) is 0 Å². The molecule has 20 heavy (non-hydrogen) atoms. The summed E-state index contributed by atoms with van der Waals surface area (Å²) >= 11 is 0. The maximum atomic E-state index is 11.7. The maximum Gasteiger partial charge on any atom is 0.258 e. The third-order valence-corrected chi connectivity index (χ3v) is 4.91. The molecule has 1 heterocycles. The van der Waals surface area contributed by atoms with Gasteiger partial charge in [-0.3, -0.25) is 4.79 Å². The van der Waals surface area contributed by atoms with Gasteiger partial charge in [-0.1, -0.05) is 12.1 Å². The van der Waals surface area contributed by atoms with Crippen molar-refractivity contribution in [3.63, 3.8) is 0 Å². The van der Waals surface area contributed by atoms with Gasteiger partial charge < -0.3 is 15.8 Å². The molecule has 0 atom stereocenters. The molecule has 3 N–H and O–H groups in total. The normalized spacial score (nSPS) is 18.4. The van der Waals surface area contributed by atoms with Gasteiger partial charge in [0.1, 0.15) is 15.6 Å². The molecule has 0 spiro atoms. The van der Waals surface area contributed by atoms with Crippen molar-refractivity contribution in [2.75, 3.05) is 23.8 Å². The zero-order chi connectivity index (χ0) is 14.6. The van der Waals surface area contributed by atoms with Gasteiger partial charge in [0.15, 0.2) is 6.61 Å². The number of hydrogen-bond donors (Lipinski definition) is 2. The van der Waals surface area contributed by atoms with Crippen LogP contribution in [0.2, 0.25) is 0 Å². The fourth-order valence-electron chi connectivity index (χ4n) is 2.06. The van der Waals surface area contributed by atoms with Gasteiger partial charge in [0.05, 0.1) is 17.2 Å². The molecule has 1 aromatic carbocycles. The van der Waals surface area contributed by atoms with Gasteiger partial charge in [0, 0.05) is 6.04 Å². The maximum absolute atomic E-state index is 11.7. The Morgan fingerprint density at radius 3 is 2.60 bits per heavy atom. The van der Waals surface area contributed by atoms with Crippen LogP contribution in [-0.4, -0.2) is 38.5 Å². The van der Waals surface area contributed by atoms with E-state index in [-0.39, 0.29) is 30.1 Å². The number of nitrogens with one attached hydrogen (secondary N) is 1. The Hall–Kier alpha value is -1.76. The van der Waals surface area contributed by atoms with Crippen LogP contribution in [0.1, 0.15) is 12.8 Å². The summed E-state index contributed by atoms with van der Waals surface area (Å²) in [5.74, 6) is 0.459. The van der Waals surface area contributed by atoms with Gasteiger partial charge in [0.25, 0.3) is 5.91 Å². The highest BCUT2D eigenvalue weighted by molar-refractivity contribution is 7.91. The summed E-state index contributed by atoms with van der Waals surface area (Å²) in [6.45, 7) is -0.128. The number of nitrogen functional groups attached to an aromatic ring is 1. The van der Waals surface area contributed by atoms with Gasteiger partial charge in [-0.05, 0) is 25.0 Å². The average Bonchev–Trinajstić information content (AvgIpc) is 2.40. The molecule has 110 valence electrons. The number of nitrogens with two attached hydrogens (primary N) is 1. The molecule has 0 aliphatic carbocycles. The summed E-state index contributed by atoms with van der Waals surface area (Å²) in [4.78, 5) is 11.7. The number of anilines is 1. The van der Waals surface area contributed by atoms with E-state index < -0.39 is 9.84 Å². The molecule has 0 unspecified atom stereocenters. The standard InChI is InChI=1S/C13H18N2O4S/c14-11-3-1-2-4-12(11)19-9-13(16)15-10-5-7-20(17,18)8-6-10/h1-4,10H,5-9,14H2,(H,15,16). The minimum atomic E-state index is -2.91. The minimum Gasteiger partial charge on any atom is -0.482 e. The van der Waals surface area contributed by atoms with Crippen LogP contribution in [0.4, 0.5) is 5.69 Å². The van der Waals surface area contributed by atoms with E-state index in [1.165, 1.54) is 0 Å². The highest BCUT2D eigenvalue weighted by Crippen LogP contribution is 2.19. The molecule has 1 saturated heterocycles. The predicted octanol–water partition coefficient (Wildman–Crippen LogP) is 0.341. The third kappa shape index (κ3) is 4.12. The van der Waals surface area contributed by atoms with Crippen LogP contribution in [0.3, 0.4) is 0 Å². The molecule has 0 aromatic heterocycles. The minimum absolute atomic E-state index is 0.0947. The molecule has 0 saturated carbocycles. The quantitative estimate of drug-likeness (QED) is 0.781. The molecule has 1 amide bonds. The Balaban J connectivity index is 1.78. The monoisotopic (exact) mass is 298 g/mol. The number of hydrogen-bond acceptors (Lipinski definition) is 5. The van der Waals surface area contributed by atoms with Crippen LogP contribution < -0.4 is 15.8 Å². The molecule has 0 radical (unpaired) electrons. The molecule has 2 rings (SSSR count). The lowest BCUT2D eigenvalue weighted by Crippen LogP contribution is -2.42. The average molecular weight is 298 g/mol. The van der Waals surface area contributed by atoms with E-state index in [4.69, 9.17) is 10.5 Å². The topological polar surface area (TPSA) is 98.5 Å². The van der Waals surface area contributed by atoms with Gasteiger partial charge >= 0.3 is 0 Å². The SMILES string of the molecule is Nc1ccccc1OCC(=O)NC1CCS(=O)(=O)CC1. The molecule has 1 aromatic rings. The molecule has 1 aliphatic heterocycles. The van der Waals surface area contributed by atoms with Crippen molar-refractivity contribution in [2.24, 2.45) is 0 Å². The Kier molecular flexibility index (Phi) is 4.49. The van der Waals surface area contributed by atoms with Gasteiger partial charge in [-0.2, -0.15) is 0 Å². The molecular formula is C13H18N2O4S. The second-order valence-corrected chi connectivity index (χ2v) is 7.12. The van der Waals surface area contributed by atoms with Crippen molar-refractivity contribution in [3.05, 3.63) is 24.3 Å². The Bertz CT molecular complexity index is 572. The number of carbonyl (C=O) groups excluding carboxylic acids is 1. The van der Waals surface area contributed by atoms with E-state index in [0.29, 0.717) is 24.3 Å². The second-order valence-electron chi connectivity index (χ2n) is 4.82. The van der Waals surface area contributed by atoms with Crippen molar-refractivity contribution in [1.82, 2.24) is 5.32 Å². The lowest BCUT2D eigenvalue weighted by atomic mass is 10.1. The fraction of sp³-hybridized carbons (Fsp3) is 0.462. The van der Waals surface area contributed by atoms with E-state index in [2.05, 4.69) is 5.32 Å².